The number of hydrogen-bond donors (Lipinski definition) is 2. The molecular formula is C21H21N3O2. The van der Waals surface area contributed by atoms with Crippen LogP contribution in [-0.4, -0.2) is 19.9 Å². The third-order valence-corrected chi connectivity index (χ3v) is 4.31. The maximum absolute atomic E-state index is 12.6. The highest BCUT2D eigenvalue weighted by Crippen LogP contribution is 2.33. The van der Waals surface area contributed by atoms with E-state index in [2.05, 4.69) is 21.9 Å². The highest BCUT2D eigenvalue weighted by molar-refractivity contribution is 5.75. The second kappa shape index (κ2) is 7.32. The molecule has 2 heterocycles. The lowest BCUT2D eigenvalue weighted by Crippen LogP contribution is -2.08. The minimum atomic E-state index is -0.314. The van der Waals surface area contributed by atoms with Gasteiger partial charge in [-0.25, -0.2) is 4.68 Å². The van der Waals surface area contributed by atoms with E-state index < -0.39 is 0 Å². The Hall–Kier alpha value is -3.26. The molecule has 0 bridgehead atoms. The van der Waals surface area contributed by atoms with E-state index in [9.17, 15) is 9.90 Å². The number of aromatic amines is 1. The van der Waals surface area contributed by atoms with Crippen LogP contribution in [0.3, 0.4) is 0 Å². The second-order valence-electron chi connectivity index (χ2n) is 6.10. The standard InChI is InChI=1S/C21H21N3O2/c1-4-8-15-11-14(3)18(16(5-2)12-15)19-20(25)23-24(21(19)26)13-17-9-6-7-10-22-17/h6-7,9-12,26H,5,13H2,1-3H3,(H,23,25). The molecule has 3 rings (SSSR count). The molecule has 2 N–H and O–H groups in total. The van der Waals surface area contributed by atoms with Crippen LogP contribution in [0.4, 0.5) is 0 Å². The molecule has 5 heteroatoms. The maximum Gasteiger partial charge on any atom is 0.275 e. The number of nitrogens with one attached hydrogen (secondary N) is 1. The van der Waals surface area contributed by atoms with Crippen molar-refractivity contribution in [2.45, 2.75) is 33.7 Å². The van der Waals surface area contributed by atoms with Crippen molar-refractivity contribution in [3.05, 3.63) is 69.3 Å². The van der Waals surface area contributed by atoms with E-state index in [-0.39, 0.29) is 11.4 Å². The molecule has 3 aromatic rings. The van der Waals surface area contributed by atoms with Gasteiger partial charge in [0.2, 0.25) is 5.88 Å². The van der Waals surface area contributed by atoms with E-state index in [0.717, 1.165) is 34.4 Å². The van der Waals surface area contributed by atoms with Gasteiger partial charge in [0.1, 0.15) is 5.56 Å². The molecule has 26 heavy (non-hydrogen) atoms. The molecule has 0 radical (unpaired) electrons. The van der Waals surface area contributed by atoms with Crippen molar-refractivity contribution in [2.24, 2.45) is 0 Å². The van der Waals surface area contributed by atoms with Crippen LogP contribution >= 0.6 is 0 Å². The Morgan fingerprint density at radius 3 is 2.73 bits per heavy atom. The van der Waals surface area contributed by atoms with Gasteiger partial charge in [0, 0.05) is 11.8 Å². The van der Waals surface area contributed by atoms with Crippen LogP contribution in [0.5, 0.6) is 5.88 Å². The molecule has 0 spiro atoms. The first-order chi connectivity index (χ1) is 12.5. The van der Waals surface area contributed by atoms with Gasteiger partial charge in [-0.1, -0.05) is 18.9 Å². The number of aromatic nitrogens is 3. The van der Waals surface area contributed by atoms with E-state index >= 15 is 0 Å². The molecular weight excluding hydrogens is 326 g/mol. The molecule has 0 saturated carbocycles. The Morgan fingerprint density at radius 2 is 2.08 bits per heavy atom. The molecule has 0 fully saturated rings. The number of benzene rings is 1. The first-order valence-corrected chi connectivity index (χ1v) is 8.53. The van der Waals surface area contributed by atoms with Crippen LogP contribution < -0.4 is 5.56 Å². The fourth-order valence-corrected chi connectivity index (χ4v) is 3.17. The van der Waals surface area contributed by atoms with Gasteiger partial charge in [-0.05, 0) is 61.2 Å². The number of aryl methyl sites for hydroxylation is 2. The lowest BCUT2D eigenvalue weighted by molar-refractivity contribution is 0.409. The smallest absolute Gasteiger partial charge is 0.275 e. The van der Waals surface area contributed by atoms with Crippen molar-refractivity contribution >= 4 is 0 Å². The monoisotopic (exact) mass is 347 g/mol. The van der Waals surface area contributed by atoms with Crippen molar-refractivity contribution in [1.82, 2.24) is 14.8 Å². The number of hydrogen-bond acceptors (Lipinski definition) is 3. The molecule has 5 nitrogen and oxygen atoms in total. The van der Waals surface area contributed by atoms with E-state index in [1.165, 1.54) is 4.68 Å². The largest absolute Gasteiger partial charge is 0.493 e. The number of H-pyrrole nitrogens is 1. The summed E-state index contributed by atoms with van der Waals surface area (Å²) in [5.41, 5.74) is 4.32. The SMILES string of the molecule is CC#Cc1cc(C)c(-c2c(O)n(Cc3ccccn3)[nH]c2=O)c(CC)c1. The topological polar surface area (TPSA) is 70.9 Å². The predicted octanol–water partition coefficient (Wildman–Crippen LogP) is 3.23. The first-order valence-electron chi connectivity index (χ1n) is 8.53. The van der Waals surface area contributed by atoms with E-state index in [4.69, 9.17) is 0 Å². The zero-order valence-electron chi connectivity index (χ0n) is 15.1. The van der Waals surface area contributed by atoms with E-state index in [1.807, 2.05) is 44.2 Å². The predicted molar refractivity (Wildman–Crippen MR) is 102 cm³/mol. The van der Waals surface area contributed by atoms with E-state index in [1.54, 1.807) is 13.1 Å². The summed E-state index contributed by atoms with van der Waals surface area (Å²) in [4.78, 5) is 16.8. The van der Waals surface area contributed by atoms with Gasteiger partial charge < -0.3 is 5.11 Å². The zero-order valence-corrected chi connectivity index (χ0v) is 15.1. The molecule has 0 saturated heterocycles. The molecule has 0 amide bonds. The van der Waals surface area contributed by atoms with Crippen LogP contribution in [-0.2, 0) is 13.0 Å². The maximum atomic E-state index is 12.6. The van der Waals surface area contributed by atoms with Gasteiger partial charge in [0.25, 0.3) is 5.56 Å². The Bertz CT molecular complexity index is 1050. The average molecular weight is 347 g/mol. The van der Waals surface area contributed by atoms with Crippen molar-refractivity contribution in [3.63, 3.8) is 0 Å². The normalized spacial score (nSPS) is 10.4. The van der Waals surface area contributed by atoms with Crippen LogP contribution in [0.2, 0.25) is 0 Å². The summed E-state index contributed by atoms with van der Waals surface area (Å²) in [5, 5.41) is 13.4. The van der Waals surface area contributed by atoms with Crippen molar-refractivity contribution in [2.75, 3.05) is 0 Å². The molecule has 132 valence electrons. The minimum absolute atomic E-state index is 0.0761. The fraction of sp³-hybridized carbons (Fsp3) is 0.238. The summed E-state index contributed by atoms with van der Waals surface area (Å²) in [6, 6.07) is 9.46. The van der Waals surface area contributed by atoms with Gasteiger partial charge in [-0.3, -0.25) is 14.9 Å². The summed E-state index contributed by atoms with van der Waals surface area (Å²) < 4.78 is 1.43. The summed E-state index contributed by atoms with van der Waals surface area (Å²) in [7, 11) is 0. The summed E-state index contributed by atoms with van der Waals surface area (Å²) in [5.74, 6) is 5.88. The Kier molecular flexibility index (Phi) is 4.94. The van der Waals surface area contributed by atoms with Crippen molar-refractivity contribution < 1.29 is 5.11 Å². The third kappa shape index (κ3) is 3.27. The number of rotatable bonds is 4. The summed E-state index contributed by atoms with van der Waals surface area (Å²) >= 11 is 0. The van der Waals surface area contributed by atoms with Gasteiger partial charge in [0.05, 0.1) is 12.2 Å². The Morgan fingerprint density at radius 1 is 1.27 bits per heavy atom. The van der Waals surface area contributed by atoms with Gasteiger partial charge >= 0.3 is 0 Å². The number of pyridine rings is 1. The first kappa shape index (κ1) is 17.6. The molecule has 2 aromatic heterocycles. The molecule has 0 aliphatic heterocycles. The fourth-order valence-electron chi connectivity index (χ4n) is 3.17. The highest BCUT2D eigenvalue weighted by atomic mass is 16.3. The zero-order chi connectivity index (χ0) is 18.7. The van der Waals surface area contributed by atoms with Crippen molar-refractivity contribution in [1.29, 1.82) is 0 Å². The Balaban J connectivity index is 2.13. The van der Waals surface area contributed by atoms with Gasteiger partial charge in [-0.2, -0.15) is 0 Å². The Labute approximate surface area is 152 Å². The molecule has 0 unspecified atom stereocenters. The quantitative estimate of drug-likeness (QED) is 0.712. The van der Waals surface area contributed by atoms with Crippen LogP contribution in [0.15, 0.2) is 41.3 Å². The highest BCUT2D eigenvalue weighted by Gasteiger charge is 2.21. The lowest BCUT2D eigenvalue weighted by Gasteiger charge is -2.12. The molecule has 0 aliphatic carbocycles. The van der Waals surface area contributed by atoms with Crippen LogP contribution in [0, 0.1) is 18.8 Å². The summed E-state index contributed by atoms with van der Waals surface area (Å²) in [6.07, 6.45) is 2.42. The number of aromatic hydroxyl groups is 1. The van der Waals surface area contributed by atoms with Gasteiger partial charge in [-0.15, -0.1) is 5.92 Å². The summed E-state index contributed by atoms with van der Waals surface area (Å²) in [6.45, 7) is 6.05. The second-order valence-corrected chi connectivity index (χ2v) is 6.10. The van der Waals surface area contributed by atoms with E-state index in [0.29, 0.717) is 12.1 Å². The lowest BCUT2D eigenvalue weighted by atomic mass is 9.93. The minimum Gasteiger partial charge on any atom is -0.493 e. The average Bonchev–Trinajstić information content (AvgIpc) is 2.89. The van der Waals surface area contributed by atoms with Gasteiger partial charge in [0.15, 0.2) is 0 Å². The van der Waals surface area contributed by atoms with Crippen LogP contribution in [0.25, 0.3) is 11.1 Å². The van der Waals surface area contributed by atoms with Crippen LogP contribution in [0.1, 0.15) is 36.2 Å². The molecule has 0 atom stereocenters. The molecule has 1 aromatic carbocycles. The molecule has 0 aliphatic rings. The van der Waals surface area contributed by atoms with Crippen molar-refractivity contribution in [3.8, 4) is 28.8 Å². The number of nitrogens with zero attached hydrogens (tertiary/aromatic N) is 2. The third-order valence-electron chi connectivity index (χ3n) is 4.31.